The highest BCUT2D eigenvalue weighted by atomic mass is 35.5. The number of nitrogens with one attached hydrogen (secondary N) is 1. The van der Waals surface area contributed by atoms with Gasteiger partial charge in [-0.05, 0) is 19.1 Å². The summed E-state index contributed by atoms with van der Waals surface area (Å²) in [5.41, 5.74) is 0.943. The molecule has 0 saturated carbocycles. The van der Waals surface area contributed by atoms with Crippen LogP contribution >= 0.6 is 23.2 Å². The molecule has 1 unspecified atom stereocenters. The van der Waals surface area contributed by atoms with Crippen molar-refractivity contribution < 1.29 is 0 Å². The lowest BCUT2D eigenvalue weighted by Crippen LogP contribution is -2.29. The smallest absolute Gasteiger partial charge is 0.0946 e. The van der Waals surface area contributed by atoms with Crippen molar-refractivity contribution in [3.8, 4) is 0 Å². The summed E-state index contributed by atoms with van der Waals surface area (Å²) in [6.45, 7) is 3.64. The Bertz CT molecular complexity index is 477. The topological polar surface area (TPSA) is 29.9 Å². The molecule has 0 fully saturated rings. The number of imidazole rings is 1. The largest absolute Gasteiger partial charge is 0.336 e. The fourth-order valence-corrected chi connectivity index (χ4v) is 2.28. The molecule has 1 N–H and O–H groups in total. The minimum atomic E-state index is 0.312. The molecule has 0 aliphatic heterocycles. The van der Waals surface area contributed by atoms with Crippen LogP contribution in [0.15, 0.2) is 36.9 Å². The van der Waals surface area contributed by atoms with Crippen LogP contribution in [0.5, 0.6) is 0 Å². The monoisotopic (exact) mass is 283 g/mol. The van der Waals surface area contributed by atoms with Crippen LogP contribution in [-0.2, 0) is 13.1 Å². The van der Waals surface area contributed by atoms with Crippen molar-refractivity contribution in [1.29, 1.82) is 0 Å². The molecule has 0 spiro atoms. The van der Waals surface area contributed by atoms with Gasteiger partial charge in [0.25, 0.3) is 0 Å². The molecule has 0 bridgehead atoms. The van der Waals surface area contributed by atoms with Crippen molar-refractivity contribution in [1.82, 2.24) is 14.9 Å². The molecule has 1 heterocycles. The molecule has 1 aromatic carbocycles. The van der Waals surface area contributed by atoms with Gasteiger partial charge in [-0.15, -0.1) is 0 Å². The summed E-state index contributed by atoms with van der Waals surface area (Å²) in [5.74, 6) is 0. The summed E-state index contributed by atoms with van der Waals surface area (Å²) in [4.78, 5) is 4.01. The molecular formula is C13H15Cl2N3. The predicted molar refractivity (Wildman–Crippen MR) is 75.0 cm³/mol. The standard InChI is InChI=1S/C13H15Cl2N3/c1-10(8-18-6-5-16-9-18)17-7-11-12(14)3-2-4-13(11)15/h2-6,9-10,17H,7-8H2,1H3. The lowest BCUT2D eigenvalue weighted by atomic mass is 10.2. The zero-order chi connectivity index (χ0) is 13.0. The Hall–Kier alpha value is -1.03. The summed E-state index contributed by atoms with van der Waals surface area (Å²) < 4.78 is 2.03. The minimum absolute atomic E-state index is 0.312. The zero-order valence-electron chi connectivity index (χ0n) is 10.1. The molecule has 0 saturated heterocycles. The van der Waals surface area contributed by atoms with Crippen LogP contribution in [0, 0.1) is 0 Å². The van der Waals surface area contributed by atoms with Crippen molar-refractivity contribution in [3.63, 3.8) is 0 Å². The maximum absolute atomic E-state index is 6.12. The third kappa shape index (κ3) is 3.48. The van der Waals surface area contributed by atoms with E-state index in [1.807, 2.05) is 29.0 Å². The van der Waals surface area contributed by atoms with E-state index in [1.54, 1.807) is 12.5 Å². The number of rotatable bonds is 5. The molecule has 0 radical (unpaired) electrons. The number of aromatic nitrogens is 2. The van der Waals surface area contributed by atoms with Crippen LogP contribution in [-0.4, -0.2) is 15.6 Å². The lowest BCUT2D eigenvalue weighted by Gasteiger charge is -2.15. The highest BCUT2D eigenvalue weighted by Gasteiger charge is 2.07. The van der Waals surface area contributed by atoms with Crippen LogP contribution < -0.4 is 5.32 Å². The number of nitrogens with zero attached hydrogens (tertiary/aromatic N) is 2. The van der Waals surface area contributed by atoms with E-state index in [-0.39, 0.29) is 0 Å². The minimum Gasteiger partial charge on any atom is -0.336 e. The average molecular weight is 284 g/mol. The third-order valence-electron chi connectivity index (χ3n) is 2.73. The maximum atomic E-state index is 6.12. The van der Waals surface area contributed by atoms with E-state index in [9.17, 15) is 0 Å². The SMILES string of the molecule is CC(Cn1ccnc1)NCc1c(Cl)cccc1Cl. The van der Waals surface area contributed by atoms with Gasteiger partial charge in [-0.25, -0.2) is 4.98 Å². The summed E-state index contributed by atoms with van der Waals surface area (Å²) in [6, 6.07) is 5.87. The van der Waals surface area contributed by atoms with E-state index in [1.165, 1.54) is 0 Å². The van der Waals surface area contributed by atoms with Crippen molar-refractivity contribution >= 4 is 23.2 Å². The van der Waals surface area contributed by atoms with E-state index < -0.39 is 0 Å². The Morgan fingerprint density at radius 3 is 2.67 bits per heavy atom. The fourth-order valence-electron chi connectivity index (χ4n) is 1.75. The molecular weight excluding hydrogens is 269 g/mol. The summed E-state index contributed by atoms with van der Waals surface area (Å²) in [6.07, 6.45) is 5.53. The first-order valence-electron chi connectivity index (χ1n) is 5.79. The van der Waals surface area contributed by atoms with E-state index in [2.05, 4.69) is 17.2 Å². The Kier molecular flexibility index (Phi) is 4.64. The summed E-state index contributed by atoms with van der Waals surface area (Å²) in [5, 5.41) is 4.80. The van der Waals surface area contributed by atoms with Crippen LogP contribution in [0.1, 0.15) is 12.5 Å². The molecule has 18 heavy (non-hydrogen) atoms. The van der Waals surface area contributed by atoms with Gasteiger partial charge in [-0.1, -0.05) is 29.3 Å². The molecule has 1 aromatic heterocycles. The number of hydrogen-bond donors (Lipinski definition) is 1. The van der Waals surface area contributed by atoms with Gasteiger partial charge < -0.3 is 9.88 Å². The maximum Gasteiger partial charge on any atom is 0.0946 e. The molecule has 1 atom stereocenters. The first-order chi connectivity index (χ1) is 8.66. The van der Waals surface area contributed by atoms with E-state index in [0.717, 1.165) is 12.1 Å². The zero-order valence-corrected chi connectivity index (χ0v) is 11.6. The van der Waals surface area contributed by atoms with Gasteiger partial charge in [0.1, 0.15) is 0 Å². The second-order valence-electron chi connectivity index (χ2n) is 4.24. The van der Waals surface area contributed by atoms with Crippen LogP contribution in [0.2, 0.25) is 10.0 Å². The normalized spacial score (nSPS) is 12.6. The van der Waals surface area contributed by atoms with Crippen LogP contribution in [0.4, 0.5) is 0 Å². The van der Waals surface area contributed by atoms with Gasteiger partial charge in [-0.2, -0.15) is 0 Å². The molecule has 2 rings (SSSR count). The summed E-state index contributed by atoms with van der Waals surface area (Å²) >= 11 is 12.2. The molecule has 96 valence electrons. The quantitative estimate of drug-likeness (QED) is 0.912. The van der Waals surface area contributed by atoms with Gasteiger partial charge in [0.2, 0.25) is 0 Å². The van der Waals surface area contributed by atoms with Gasteiger partial charge in [0, 0.05) is 47.1 Å². The summed E-state index contributed by atoms with van der Waals surface area (Å²) in [7, 11) is 0. The lowest BCUT2D eigenvalue weighted by molar-refractivity contribution is 0.476. The molecule has 3 nitrogen and oxygen atoms in total. The van der Waals surface area contributed by atoms with Gasteiger partial charge >= 0.3 is 0 Å². The molecule has 0 aliphatic carbocycles. The molecule has 5 heteroatoms. The van der Waals surface area contributed by atoms with Gasteiger partial charge in [0.05, 0.1) is 6.33 Å². The molecule has 0 aliphatic rings. The van der Waals surface area contributed by atoms with Crippen molar-refractivity contribution in [2.75, 3.05) is 0 Å². The molecule has 2 aromatic rings. The van der Waals surface area contributed by atoms with E-state index >= 15 is 0 Å². The second-order valence-corrected chi connectivity index (χ2v) is 5.06. The number of halogens is 2. The van der Waals surface area contributed by atoms with Gasteiger partial charge in [0.15, 0.2) is 0 Å². The van der Waals surface area contributed by atoms with Crippen molar-refractivity contribution in [2.45, 2.75) is 26.1 Å². The average Bonchev–Trinajstić information content (AvgIpc) is 2.81. The second kappa shape index (κ2) is 6.23. The van der Waals surface area contributed by atoms with Crippen LogP contribution in [0.3, 0.4) is 0 Å². The Balaban J connectivity index is 1.91. The first kappa shape index (κ1) is 13.4. The third-order valence-corrected chi connectivity index (χ3v) is 3.44. The Morgan fingerprint density at radius 2 is 2.06 bits per heavy atom. The van der Waals surface area contributed by atoms with Crippen molar-refractivity contribution in [3.05, 3.63) is 52.5 Å². The predicted octanol–water partition coefficient (Wildman–Crippen LogP) is 3.37. The van der Waals surface area contributed by atoms with E-state index in [0.29, 0.717) is 22.6 Å². The van der Waals surface area contributed by atoms with Crippen LogP contribution in [0.25, 0.3) is 0 Å². The Labute approximate surface area is 117 Å². The van der Waals surface area contributed by atoms with Gasteiger partial charge in [-0.3, -0.25) is 0 Å². The molecule has 0 amide bonds. The highest BCUT2D eigenvalue weighted by Crippen LogP contribution is 2.23. The Morgan fingerprint density at radius 1 is 1.33 bits per heavy atom. The number of hydrogen-bond acceptors (Lipinski definition) is 2. The number of benzene rings is 1. The highest BCUT2D eigenvalue weighted by molar-refractivity contribution is 6.35. The fraction of sp³-hybridized carbons (Fsp3) is 0.308. The van der Waals surface area contributed by atoms with E-state index in [4.69, 9.17) is 23.2 Å². The van der Waals surface area contributed by atoms with Crippen molar-refractivity contribution in [2.24, 2.45) is 0 Å². The first-order valence-corrected chi connectivity index (χ1v) is 6.54.